The SMILES string of the molecule is CCOC(=O)C1C(c2ccccc2)N1Cc1ccccc1. The molecule has 0 radical (unpaired) electrons. The van der Waals surface area contributed by atoms with Crippen molar-refractivity contribution in [3.8, 4) is 0 Å². The molecule has 0 saturated carbocycles. The number of hydrogen-bond donors (Lipinski definition) is 0. The summed E-state index contributed by atoms with van der Waals surface area (Å²) >= 11 is 0. The highest BCUT2D eigenvalue weighted by Gasteiger charge is 2.53. The van der Waals surface area contributed by atoms with Crippen LogP contribution in [0.15, 0.2) is 60.7 Å². The Kier molecular flexibility index (Phi) is 4.02. The minimum absolute atomic E-state index is 0.123. The van der Waals surface area contributed by atoms with Crippen LogP contribution in [0.2, 0.25) is 0 Å². The third-order valence-electron chi connectivity index (χ3n) is 3.80. The van der Waals surface area contributed by atoms with Gasteiger partial charge in [0.05, 0.1) is 12.6 Å². The molecule has 0 amide bonds. The van der Waals surface area contributed by atoms with Crippen LogP contribution in [0.1, 0.15) is 24.1 Å². The van der Waals surface area contributed by atoms with Crippen molar-refractivity contribution in [2.45, 2.75) is 25.6 Å². The van der Waals surface area contributed by atoms with Crippen molar-refractivity contribution in [1.82, 2.24) is 4.90 Å². The fourth-order valence-corrected chi connectivity index (χ4v) is 2.78. The average molecular weight is 281 g/mol. The van der Waals surface area contributed by atoms with Gasteiger partial charge in [0.1, 0.15) is 6.04 Å². The van der Waals surface area contributed by atoms with Crippen LogP contribution in [0.25, 0.3) is 0 Å². The molecule has 3 atom stereocenters. The molecule has 2 aromatic rings. The molecule has 108 valence electrons. The van der Waals surface area contributed by atoms with Gasteiger partial charge < -0.3 is 4.74 Å². The molecule has 2 aromatic carbocycles. The smallest absolute Gasteiger partial charge is 0.325 e. The quantitative estimate of drug-likeness (QED) is 0.622. The zero-order chi connectivity index (χ0) is 14.7. The number of carbonyl (C=O) groups excluding carboxylic acids is 1. The summed E-state index contributed by atoms with van der Waals surface area (Å²) in [6.45, 7) is 3.04. The van der Waals surface area contributed by atoms with E-state index in [1.807, 2.05) is 43.3 Å². The lowest BCUT2D eigenvalue weighted by atomic mass is 10.1. The Hall–Kier alpha value is -2.13. The molecule has 0 bridgehead atoms. The van der Waals surface area contributed by atoms with E-state index in [1.165, 1.54) is 11.1 Å². The Morgan fingerprint density at radius 2 is 1.67 bits per heavy atom. The lowest BCUT2D eigenvalue weighted by Crippen LogP contribution is -2.16. The second kappa shape index (κ2) is 6.10. The van der Waals surface area contributed by atoms with Gasteiger partial charge in [-0.1, -0.05) is 60.7 Å². The molecule has 3 unspecified atom stereocenters. The first-order chi connectivity index (χ1) is 10.3. The Morgan fingerprint density at radius 3 is 2.29 bits per heavy atom. The summed E-state index contributed by atoms with van der Waals surface area (Å²) in [6, 6.07) is 20.3. The number of hydrogen-bond acceptors (Lipinski definition) is 3. The van der Waals surface area contributed by atoms with Crippen LogP contribution in [0.3, 0.4) is 0 Å². The van der Waals surface area contributed by atoms with Crippen LogP contribution in [0.4, 0.5) is 0 Å². The first kappa shape index (κ1) is 13.8. The maximum atomic E-state index is 12.1. The number of carbonyl (C=O) groups is 1. The molecule has 0 aromatic heterocycles. The molecule has 3 rings (SSSR count). The lowest BCUT2D eigenvalue weighted by molar-refractivity contribution is -0.143. The summed E-state index contributed by atoms with van der Waals surface area (Å²) in [6.07, 6.45) is 0. The summed E-state index contributed by atoms with van der Waals surface area (Å²) < 4.78 is 5.20. The maximum absolute atomic E-state index is 12.1. The van der Waals surface area contributed by atoms with E-state index in [-0.39, 0.29) is 18.1 Å². The number of nitrogens with zero attached hydrogens (tertiary/aromatic N) is 1. The Morgan fingerprint density at radius 1 is 1.05 bits per heavy atom. The fourth-order valence-electron chi connectivity index (χ4n) is 2.78. The van der Waals surface area contributed by atoms with E-state index >= 15 is 0 Å². The van der Waals surface area contributed by atoms with E-state index in [2.05, 4.69) is 29.2 Å². The van der Waals surface area contributed by atoms with Gasteiger partial charge in [-0.3, -0.25) is 9.69 Å². The molecule has 1 fully saturated rings. The van der Waals surface area contributed by atoms with Crippen LogP contribution >= 0.6 is 0 Å². The standard InChI is InChI=1S/C18H19NO2/c1-2-21-18(20)17-16(15-11-7-4-8-12-15)19(17)13-14-9-5-3-6-10-14/h3-12,16-17H,2,13H2,1H3. The molecule has 1 aliphatic heterocycles. The lowest BCUT2D eigenvalue weighted by Gasteiger charge is -2.04. The van der Waals surface area contributed by atoms with Gasteiger partial charge >= 0.3 is 5.97 Å². The van der Waals surface area contributed by atoms with Gasteiger partial charge in [-0.2, -0.15) is 0 Å². The third kappa shape index (κ3) is 2.98. The van der Waals surface area contributed by atoms with Gasteiger partial charge in [0.25, 0.3) is 0 Å². The van der Waals surface area contributed by atoms with Crippen molar-refractivity contribution < 1.29 is 9.53 Å². The van der Waals surface area contributed by atoms with Crippen molar-refractivity contribution in [2.75, 3.05) is 6.61 Å². The molecular weight excluding hydrogens is 262 g/mol. The third-order valence-corrected chi connectivity index (χ3v) is 3.80. The normalized spacial score (nSPS) is 23.6. The highest BCUT2D eigenvalue weighted by molar-refractivity contribution is 5.80. The summed E-state index contributed by atoms with van der Waals surface area (Å²) in [4.78, 5) is 14.3. The largest absolute Gasteiger partial charge is 0.465 e. The van der Waals surface area contributed by atoms with Gasteiger partial charge in [-0.05, 0) is 18.1 Å². The summed E-state index contributed by atoms with van der Waals surface area (Å²) in [5, 5.41) is 0. The van der Waals surface area contributed by atoms with E-state index in [0.29, 0.717) is 6.61 Å². The molecule has 1 saturated heterocycles. The summed E-state index contributed by atoms with van der Waals surface area (Å²) in [5.41, 5.74) is 2.39. The predicted molar refractivity (Wildman–Crippen MR) is 81.6 cm³/mol. The summed E-state index contributed by atoms with van der Waals surface area (Å²) in [7, 11) is 0. The first-order valence-corrected chi connectivity index (χ1v) is 7.32. The number of esters is 1. The van der Waals surface area contributed by atoms with Crippen molar-refractivity contribution in [2.24, 2.45) is 0 Å². The van der Waals surface area contributed by atoms with Gasteiger partial charge in [0, 0.05) is 6.54 Å². The van der Waals surface area contributed by atoms with Crippen molar-refractivity contribution >= 4 is 5.97 Å². The second-order valence-corrected chi connectivity index (χ2v) is 5.21. The topological polar surface area (TPSA) is 29.3 Å². The van der Waals surface area contributed by atoms with Gasteiger partial charge in [0.2, 0.25) is 0 Å². The summed E-state index contributed by atoms with van der Waals surface area (Å²) in [5.74, 6) is -0.123. The van der Waals surface area contributed by atoms with Crippen LogP contribution < -0.4 is 0 Å². The van der Waals surface area contributed by atoms with Gasteiger partial charge in [0.15, 0.2) is 0 Å². The van der Waals surface area contributed by atoms with Crippen LogP contribution in [0.5, 0.6) is 0 Å². The molecule has 0 aliphatic carbocycles. The molecule has 3 heteroatoms. The van der Waals surface area contributed by atoms with Crippen molar-refractivity contribution in [3.63, 3.8) is 0 Å². The highest BCUT2D eigenvalue weighted by Crippen LogP contribution is 2.44. The number of benzene rings is 2. The first-order valence-electron chi connectivity index (χ1n) is 7.32. The molecule has 21 heavy (non-hydrogen) atoms. The molecule has 3 nitrogen and oxygen atoms in total. The molecule has 0 N–H and O–H groups in total. The van der Waals surface area contributed by atoms with Crippen LogP contribution in [0, 0.1) is 0 Å². The van der Waals surface area contributed by atoms with Crippen molar-refractivity contribution in [3.05, 3.63) is 71.8 Å². The molecule has 0 spiro atoms. The molecular formula is C18H19NO2. The predicted octanol–water partition coefficient (Wildman–Crippen LogP) is 3.18. The van der Waals surface area contributed by atoms with E-state index in [0.717, 1.165) is 6.54 Å². The van der Waals surface area contributed by atoms with E-state index in [1.54, 1.807) is 0 Å². The minimum Gasteiger partial charge on any atom is -0.465 e. The minimum atomic E-state index is -0.160. The van der Waals surface area contributed by atoms with Crippen LogP contribution in [-0.2, 0) is 16.1 Å². The highest BCUT2D eigenvalue weighted by atomic mass is 16.5. The van der Waals surface area contributed by atoms with E-state index < -0.39 is 0 Å². The zero-order valence-electron chi connectivity index (χ0n) is 12.1. The fraction of sp³-hybridized carbons (Fsp3) is 0.278. The van der Waals surface area contributed by atoms with E-state index in [4.69, 9.17) is 4.74 Å². The Balaban J connectivity index is 1.78. The van der Waals surface area contributed by atoms with Crippen molar-refractivity contribution in [1.29, 1.82) is 0 Å². The maximum Gasteiger partial charge on any atom is 0.325 e. The zero-order valence-corrected chi connectivity index (χ0v) is 12.1. The number of ether oxygens (including phenoxy) is 1. The monoisotopic (exact) mass is 281 g/mol. The molecule has 1 aliphatic rings. The van der Waals surface area contributed by atoms with E-state index in [9.17, 15) is 4.79 Å². The Bertz CT molecular complexity index is 597. The Labute approximate surface area is 125 Å². The van der Waals surface area contributed by atoms with Gasteiger partial charge in [-0.15, -0.1) is 0 Å². The second-order valence-electron chi connectivity index (χ2n) is 5.21. The molecule has 1 heterocycles. The van der Waals surface area contributed by atoms with Crippen LogP contribution in [-0.4, -0.2) is 23.5 Å². The number of rotatable bonds is 5. The van der Waals surface area contributed by atoms with Gasteiger partial charge in [-0.25, -0.2) is 0 Å². The average Bonchev–Trinajstić information content (AvgIpc) is 3.23.